The first-order valence-corrected chi connectivity index (χ1v) is 8.26. The number of benzene rings is 1. The van der Waals surface area contributed by atoms with Crippen molar-refractivity contribution in [3.05, 3.63) is 35.6 Å². The van der Waals surface area contributed by atoms with Gasteiger partial charge in [-0.05, 0) is 30.5 Å². The van der Waals surface area contributed by atoms with Gasteiger partial charge in [0.1, 0.15) is 18.2 Å². The van der Waals surface area contributed by atoms with Gasteiger partial charge in [0.15, 0.2) is 0 Å². The third-order valence-electron chi connectivity index (χ3n) is 5.06. The second-order valence-corrected chi connectivity index (χ2v) is 6.44. The van der Waals surface area contributed by atoms with Crippen LogP contribution in [-0.2, 0) is 14.3 Å². The predicted octanol–water partition coefficient (Wildman–Crippen LogP) is 2.52. The monoisotopic (exact) mass is 319 g/mol. The molecule has 0 spiro atoms. The molecule has 1 heterocycles. The Kier molecular flexibility index (Phi) is 4.76. The first-order chi connectivity index (χ1) is 11.1. The Morgan fingerprint density at radius 3 is 2.83 bits per heavy atom. The van der Waals surface area contributed by atoms with Gasteiger partial charge in [0, 0.05) is 37.4 Å². The van der Waals surface area contributed by atoms with Crippen LogP contribution in [0.1, 0.15) is 37.7 Å². The molecule has 23 heavy (non-hydrogen) atoms. The van der Waals surface area contributed by atoms with Crippen LogP contribution in [0.4, 0.5) is 4.39 Å². The molecule has 0 amide bonds. The SMILES string of the molecule is CCC(=O)OC1CCC1N1CC(C=O)C(c2cccc(F)c2)C1. The minimum Gasteiger partial charge on any atom is -0.461 e. The number of carbonyl (C=O) groups is 2. The van der Waals surface area contributed by atoms with E-state index in [1.165, 1.54) is 12.1 Å². The van der Waals surface area contributed by atoms with Gasteiger partial charge < -0.3 is 9.53 Å². The zero-order valence-electron chi connectivity index (χ0n) is 13.3. The van der Waals surface area contributed by atoms with E-state index in [-0.39, 0.29) is 35.8 Å². The number of hydrogen-bond acceptors (Lipinski definition) is 4. The molecule has 5 heteroatoms. The molecular formula is C18H22FNO3. The molecule has 1 aromatic rings. The van der Waals surface area contributed by atoms with Gasteiger partial charge in [-0.3, -0.25) is 9.69 Å². The van der Waals surface area contributed by atoms with Crippen molar-refractivity contribution in [3.8, 4) is 0 Å². The van der Waals surface area contributed by atoms with E-state index in [1.54, 1.807) is 13.0 Å². The number of ether oxygens (including phenoxy) is 1. The fraction of sp³-hybridized carbons (Fsp3) is 0.556. The zero-order chi connectivity index (χ0) is 16.4. The van der Waals surface area contributed by atoms with Crippen molar-refractivity contribution in [1.82, 2.24) is 4.90 Å². The molecule has 1 aromatic carbocycles. The Morgan fingerprint density at radius 1 is 1.39 bits per heavy atom. The summed E-state index contributed by atoms with van der Waals surface area (Å²) in [6.45, 7) is 3.14. The van der Waals surface area contributed by atoms with Crippen molar-refractivity contribution in [2.75, 3.05) is 13.1 Å². The largest absolute Gasteiger partial charge is 0.461 e. The number of esters is 1. The van der Waals surface area contributed by atoms with E-state index >= 15 is 0 Å². The van der Waals surface area contributed by atoms with E-state index in [2.05, 4.69) is 4.90 Å². The molecule has 1 aliphatic carbocycles. The summed E-state index contributed by atoms with van der Waals surface area (Å²) in [6.07, 6.45) is 3.14. The number of hydrogen-bond donors (Lipinski definition) is 0. The molecule has 4 atom stereocenters. The Morgan fingerprint density at radius 2 is 2.22 bits per heavy atom. The Bertz CT molecular complexity index is 591. The smallest absolute Gasteiger partial charge is 0.305 e. The summed E-state index contributed by atoms with van der Waals surface area (Å²) < 4.78 is 18.9. The van der Waals surface area contributed by atoms with Gasteiger partial charge in [-0.15, -0.1) is 0 Å². The van der Waals surface area contributed by atoms with Crippen molar-refractivity contribution < 1.29 is 18.7 Å². The second-order valence-electron chi connectivity index (χ2n) is 6.44. The summed E-state index contributed by atoms with van der Waals surface area (Å²) in [5.41, 5.74) is 0.867. The highest BCUT2D eigenvalue weighted by Gasteiger charge is 2.44. The van der Waals surface area contributed by atoms with E-state index in [4.69, 9.17) is 4.74 Å². The third-order valence-corrected chi connectivity index (χ3v) is 5.06. The molecule has 1 saturated carbocycles. The van der Waals surface area contributed by atoms with Gasteiger partial charge in [-0.1, -0.05) is 19.1 Å². The molecule has 1 saturated heterocycles. The van der Waals surface area contributed by atoms with Crippen molar-refractivity contribution >= 4 is 12.3 Å². The Labute approximate surface area is 135 Å². The van der Waals surface area contributed by atoms with E-state index < -0.39 is 0 Å². The lowest BCUT2D eigenvalue weighted by Crippen LogP contribution is -2.51. The lowest BCUT2D eigenvalue weighted by Gasteiger charge is -2.41. The highest BCUT2D eigenvalue weighted by atomic mass is 19.1. The van der Waals surface area contributed by atoms with Crippen LogP contribution in [0.2, 0.25) is 0 Å². The molecule has 4 nitrogen and oxygen atoms in total. The van der Waals surface area contributed by atoms with Gasteiger partial charge in [-0.2, -0.15) is 0 Å². The van der Waals surface area contributed by atoms with Crippen LogP contribution < -0.4 is 0 Å². The molecule has 124 valence electrons. The Hall–Kier alpha value is -1.75. The summed E-state index contributed by atoms with van der Waals surface area (Å²) in [6, 6.07) is 6.68. The van der Waals surface area contributed by atoms with Crippen molar-refractivity contribution in [2.24, 2.45) is 5.92 Å². The average molecular weight is 319 g/mol. The van der Waals surface area contributed by atoms with Crippen LogP contribution in [-0.4, -0.2) is 42.4 Å². The summed E-state index contributed by atoms with van der Waals surface area (Å²) >= 11 is 0. The molecule has 0 N–H and O–H groups in total. The summed E-state index contributed by atoms with van der Waals surface area (Å²) in [4.78, 5) is 25.2. The molecule has 0 bridgehead atoms. The summed E-state index contributed by atoms with van der Waals surface area (Å²) in [7, 11) is 0. The van der Waals surface area contributed by atoms with E-state index in [9.17, 15) is 14.0 Å². The summed E-state index contributed by atoms with van der Waals surface area (Å²) in [5.74, 6) is -0.581. The minimum absolute atomic E-state index is 0.00586. The van der Waals surface area contributed by atoms with E-state index in [0.717, 1.165) is 24.7 Å². The topological polar surface area (TPSA) is 46.6 Å². The molecule has 2 fully saturated rings. The maximum atomic E-state index is 13.5. The number of likely N-dealkylation sites (tertiary alicyclic amines) is 1. The van der Waals surface area contributed by atoms with Crippen LogP contribution >= 0.6 is 0 Å². The minimum atomic E-state index is -0.274. The van der Waals surface area contributed by atoms with Crippen molar-refractivity contribution in [2.45, 2.75) is 44.2 Å². The van der Waals surface area contributed by atoms with Crippen LogP contribution in [0.5, 0.6) is 0 Å². The Balaban J connectivity index is 1.69. The fourth-order valence-corrected chi connectivity index (χ4v) is 3.62. The lowest BCUT2D eigenvalue weighted by molar-refractivity contribution is -0.159. The number of nitrogens with zero attached hydrogens (tertiary/aromatic N) is 1. The van der Waals surface area contributed by atoms with E-state index in [1.807, 2.05) is 6.07 Å². The number of carbonyl (C=O) groups excluding carboxylic acids is 2. The molecular weight excluding hydrogens is 297 g/mol. The second kappa shape index (κ2) is 6.79. The highest BCUT2D eigenvalue weighted by Crippen LogP contribution is 2.38. The van der Waals surface area contributed by atoms with E-state index in [0.29, 0.717) is 19.5 Å². The maximum Gasteiger partial charge on any atom is 0.305 e. The van der Waals surface area contributed by atoms with Crippen molar-refractivity contribution in [1.29, 1.82) is 0 Å². The highest BCUT2D eigenvalue weighted by molar-refractivity contribution is 5.69. The number of halogens is 1. The standard InChI is InChI=1S/C18H22FNO3/c1-2-18(22)23-17-7-6-16(17)20-9-13(11-21)15(10-20)12-4-3-5-14(19)8-12/h3-5,8,11,13,15-17H,2,6-7,9-10H2,1H3. The van der Waals surface area contributed by atoms with Crippen LogP contribution in [0.25, 0.3) is 0 Å². The van der Waals surface area contributed by atoms with Crippen LogP contribution in [0, 0.1) is 11.7 Å². The molecule has 0 radical (unpaired) electrons. The number of rotatable bonds is 5. The maximum absolute atomic E-state index is 13.5. The first kappa shape index (κ1) is 16.1. The lowest BCUT2D eigenvalue weighted by atomic mass is 9.87. The molecule has 4 unspecified atom stereocenters. The van der Waals surface area contributed by atoms with Gasteiger partial charge in [0.2, 0.25) is 0 Å². The average Bonchev–Trinajstić information content (AvgIpc) is 2.94. The molecule has 3 rings (SSSR count). The predicted molar refractivity (Wildman–Crippen MR) is 83.5 cm³/mol. The normalized spacial score (nSPS) is 30.7. The zero-order valence-corrected chi connectivity index (χ0v) is 13.3. The van der Waals surface area contributed by atoms with Gasteiger partial charge in [0.05, 0.1) is 0 Å². The van der Waals surface area contributed by atoms with Gasteiger partial charge in [-0.25, -0.2) is 4.39 Å². The fourth-order valence-electron chi connectivity index (χ4n) is 3.62. The molecule has 1 aliphatic heterocycles. The van der Waals surface area contributed by atoms with Crippen LogP contribution in [0.15, 0.2) is 24.3 Å². The molecule has 0 aromatic heterocycles. The third kappa shape index (κ3) is 3.29. The van der Waals surface area contributed by atoms with Crippen molar-refractivity contribution in [3.63, 3.8) is 0 Å². The summed E-state index contributed by atoms with van der Waals surface area (Å²) in [5, 5.41) is 0. The quantitative estimate of drug-likeness (QED) is 0.618. The number of aldehydes is 1. The van der Waals surface area contributed by atoms with Gasteiger partial charge >= 0.3 is 5.97 Å². The van der Waals surface area contributed by atoms with Crippen LogP contribution in [0.3, 0.4) is 0 Å². The molecule has 2 aliphatic rings. The van der Waals surface area contributed by atoms with Gasteiger partial charge in [0.25, 0.3) is 0 Å². The first-order valence-electron chi connectivity index (χ1n) is 8.26.